The third-order valence-corrected chi connectivity index (χ3v) is 16.1. The van der Waals surface area contributed by atoms with E-state index >= 15 is 0 Å². The lowest BCUT2D eigenvalue weighted by molar-refractivity contribution is -0.177. The molecule has 256 valence electrons. The molecule has 2 heterocycles. The summed E-state index contributed by atoms with van der Waals surface area (Å²) in [5.41, 5.74) is -1.53. The summed E-state index contributed by atoms with van der Waals surface area (Å²) in [5, 5.41) is 47.4. The summed E-state index contributed by atoms with van der Waals surface area (Å²) in [6, 6.07) is 14.4. The second-order valence-electron chi connectivity index (χ2n) is 16.2. The molecule has 1 aromatic carbocycles. The van der Waals surface area contributed by atoms with Crippen molar-refractivity contribution in [1.82, 2.24) is 4.90 Å². The van der Waals surface area contributed by atoms with E-state index in [1.54, 1.807) is 22.7 Å². The van der Waals surface area contributed by atoms with Crippen LogP contribution >= 0.6 is 22.7 Å². The first-order valence-electron chi connectivity index (χ1n) is 17.9. The molecule has 3 saturated carbocycles. The maximum Gasteiger partial charge on any atom is 0.199 e. The lowest BCUT2D eigenvalue weighted by Gasteiger charge is -2.71. The summed E-state index contributed by atoms with van der Waals surface area (Å²) in [6.07, 6.45) is 12.2. The Balaban J connectivity index is 1.19. The fraction of sp³-hybridized carbons (Fsp3) is 0.575. The number of Topliss-reactive ketones (excluding diaryl/α,β-unsaturated/α-hetero) is 1. The summed E-state index contributed by atoms with van der Waals surface area (Å²) < 4.78 is 1.11. The minimum Gasteiger partial charge on any atom is -0.394 e. The highest BCUT2D eigenvalue weighted by molar-refractivity contribution is 7.21. The number of fused-ring (bicyclic) bond motifs is 2. The molecule has 9 unspecified atom stereocenters. The molecule has 2 bridgehead atoms. The largest absolute Gasteiger partial charge is 0.394 e. The van der Waals surface area contributed by atoms with Crippen molar-refractivity contribution in [2.45, 2.75) is 83.0 Å². The third kappa shape index (κ3) is 4.70. The maximum absolute atomic E-state index is 15.0. The molecule has 0 amide bonds. The first kappa shape index (κ1) is 33.0. The average molecular weight is 688 g/mol. The lowest BCUT2D eigenvalue weighted by Crippen LogP contribution is -2.67. The van der Waals surface area contributed by atoms with Crippen LogP contribution in [-0.4, -0.2) is 75.2 Å². The van der Waals surface area contributed by atoms with Crippen LogP contribution in [0.2, 0.25) is 0 Å². The standard InChI is InChI=1S/C40H49NO5S2/c1-36-13-9-27(43)21-38(36)16-17-40(30(22-38)35(45)32-20-26-6-3-4-8-31(26)48-32)33(36)10-14-37(2)34(40)11-15-39(37,46)25-41(23-28(44)24-42)18-12-29-7-5-19-47-29/h3-8,16-17,19-20,22,27-28,33-34,42-44,46H,9-15,18,21,23-25H2,1-2H3. The van der Waals surface area contributed by atoms with Gasteiger partial charge in [-0.05, 0) is 97.6 Å². The van der Waals surface area contributed by atoms with E-state index in [2.05, 4.69) is 72.7 Å². The highest BCUT2D eigenvalue weighted by atomic mass is 32.1. The van der Waals surface area contributed by atoms with E-state index in [1.807, 2.05) is 12.1 Å². The van der Waals surface area contributed by atoms with Crippen LogP contribution in [0.25, 0.3) is 10.1 Å². The van der Waals surface area contributed by atoms with Crippen LogP contribution in [-0.2, 0) is 6.42 Å². The Labute approximate surface area is 291 Å². The van der Waals surface area contributed by atoms with Gasteiger partial charge in [0.05, 0.1) is 29.3 Å². The summed E-state index contributed by atoms with van der Waals surface area (Å²) in [6.45, 7) is 5.79. The van der Waals surface area contributed by atoms with Gasteiger partial charge >= 0.3 is 0 Å². The van der Waals surface area contributed by atoms with Crippen LogP contribution in [0.4, 0.5) is 0 Å². The highest BCUT2D eigenvalue weighted by Gasteiger charge is 2.74. The molecular weight excluding hydrogens is 639 g/mol. The molecule has 2 aromatic heterocycles. The smallest absolute Gasteiger partial charge is 0.199 e. The van der Waals surface area contributed by atoms with Gasteiger partial charge in [-0.25, -0.2) is 0 Å². The van der Waals surface area contributed by atoms with Crippen molar-refractivity contribution in [3.63, 3.8) is 0 Å². The number of hydrogen-bond acceptors (Lipinski definition) is 8. The van der Waals surface area contributed by atoms with Gasteiger partial charge in [0, 0.05) is 51.0 Å². The van der Waals surface area contributed by atoms with Crippen molar-refractivity contribution in [3.05, 3.63) is 81.4 Å². The molecule has 9 atom stereocenters. The molecule has 0 aliphatic heterocycles. The zero-order valence-corrected chi connectivity index (χ0v) is 29.7. The second-order valence-corrected chi connectivity index (χ2v) is 18.3. The number of nitrogens with zero attached hydrogens (tertiary/aromatic N) is 1. The number of carbonyl (C=O) groups is 1. The van der Waals surface area contributed by atoms with E-state index in [0.29, 0.717) is 32.5 Å². The Bertz CT molecular complexity index is 1730. The summed E-state index contributed by atoms with van der Waals surface area (Å²) in [5.74, 6) is 0.418. The van der Waals surface area contributed by atoms with E-state index < -0.39 is 22.5 Å². The van der Waals surface area contributed by atoms with Gasteiger partial charge in [-0.1, -0.05) is 56.3 Å². The quantitative estimate of drug-likeness (QED) is 0.141. The van der Waals surface area contributed by atoms with Crippen molar-refractivity contribution in [3.8, 4) is 0 Å². The van der Waals surface area contributed by atoms with Gasteiger partial charge in [0.15, 0.2) is 5.78 Å². The van der Waals surface area contributed by atoms with Crippen molar-refractivity contribution < 1.29 is 25.2 Å². The van der Waals surface area contributed by atoms with Crippen molar-refractivity contribution in [2.75, 3.05) is 26.2 Å². The van der Waals surface area contributed by atoms with Crippen molar-refractivity contribution >= 4 is 38.5 Å². The van der Waals surface area contributed by atoms with E-state index in [-0.39, 0.29) is 41.2 Å². The number of rotatable bonds is 10. The van der Waals surface area contributed by atoms with Gasteiger partial charge < -0.3 is 20.4 Å². The van der Waals surface area contributed by atoms with Gasteiger partial charge in [-0.2, -0.15) is 0 Å². The fourth-order valence-electron chi connectivity index (χ4n) is 11.5. The van der Waals surface area contributed by atoms with Crippen molar-refractivity contribution in [2.24, 2.45) is 33.5 Å². The SMILES string of the molecule is CC12CCC(O)CC13C=CC1(C(C(=O)c4cc5ccccc5s4)=C3)C2CCC2(C)C1CCC2(O)CN(CCc1cccs1)CC(O)CO. The lowest BCUT2D eigenvalue weighted by atomic mass is 9.32. The minimum atomic E-state index is -1.02. The molecule has 9 rings (SSSR count). The molecule has 3 fully saturated rings. The van der Waals surface area contributed by atoms with Gasteiger partial charge in [0.2, 0.25) is 0 Å². The molecule has 6 aliphatic rings. The molecule has 4 N–H and O–H groups in total. The van der Waals surface area contributed by atoms with E-state index in [9.17, 15) is 25.2 Å². The van der Waals surface area contributed by atoms with Gasteiger partial charge in [-0.15, -0.1) is 22.7 Å². The summed E-state index contributed by atoms with van der Waals surface area (Å²) >= 11 is 3.29. The fourth-order valence-corrected chi connectivity index (χ4v) is 13.2. The molecule has 6 nitrogen and oxygen atoms in total. The normalized spacial score (nSPS) is 38.9. The molecule has 3 aromatic rings. The third-order valence-electron chi connectivity index (χ3n) is 14.0. The number of carbonyl (C=O) groups excluding carboxylic acids is 1. The molecule has 2 spiro atoms. The number of aliphatic hydroxyl groups excluding tert-OH is 3. The Morgan fingerprint density at radius 3 is 2.56 bits per heavy atom. The number of allylic oxidation sites excluding steroid dienone is 4. The number of hydrogen-bond donors (Lipinski definition) is 4. The molecule has 8 heteroatoms. The average Bonchev–Trinajstić information content (AvgIpc) is 3.81. The van der Waals surface area contributed by atoms with Crippen LogP contribution in [0.3, 0.4) is 0 Å². The molecule has 6 aliphatic carbocycles. The highest BCUT2D eigenvalue weighted by Crippen LogP contribution is 2.78. The Kier molecular flexibility index (Phi) is 8.04. The Hall–Kier alpha value is -2.17. The summed E-state index contributed by atoms with van der Waals surface area (Å²) in [4.78, 5) is 19.2. The predicted octanol–water partition coefficient (Wildman–Crippen LogP) is 6.63. The van der Waals surface area contributed by atoms with Crippen LogP contribution in [0.15, 0.2) is 71.6 Å². The van der Waals surface area contributed by atoms with E-state index in [4.69, 9.17) is 0 Å². The molecular formula is C40H49NO5S2. The molecule has 0 radical (unpaired) electrons. The number of thiophene rings is 2. The van der Waals surface area contributed by atoms with Crippen LogP contribution in [0, 0.1) is 33.5 Å². The number of aliphatic hydroxyl groups is 4. The van der Waals surface area contributed by atoms with Crippen LogP contribution < -0.4 is 0 Å². The summed E-state index contributed by atoms with van der Waals surface area (Å²) in [7, 11) is 0. The van der Waals surface area contributed by atoms with Crippen LogP contribution in [0.1, 0.15) is 73.3 Å². The monoisotopic (exact) mass is 687 g/mol. The van der Waals surface area contributed by atoms with E-state index in [1.165, 1.54) is 4.88 Å². The topological polar surface area (TPSA) is 101 Å². The Morgan fingerprint density at radius 2 is 1.79 bits per heavy atom. The van der Waals surface area contributed by atoms with Gasteiger partial charge in [0.25, 0.3) is 0 Å². The molecule has 0 saturated heterocycles. The first-order chi connectivity index (χ1) is 23.0. The van der Waals surface area contributed by atoms with E-state index in [0.717, 1.165) is 59.1 Å². The Morgan fingerprint density at radius 1 is 1.02 bits per heavy atom. The first-order valence-corrected chi connectivity index (χ1v) is 19.6. The van der Waals surface area contributed by atoms with Crippen molar-refractivity contribution in [1.29, 1.82) is 0 Å². The zero-order chi connectivity index (χ0) is 33.5. The predicted molar refractivity (Wildman–Crippen MR) is 192 cm³/mol. The maximum atomic E-state index is 15.0. The second kappa shape index (κ2) is 11.7. The van der Waals surface area contributed by atoms with Gasteiger partial charge in [-0.3, -0.25) is 9.69 Å². The van der Waals surface area contributed by atoms with Gasteiger partial charge in [0.1, 0.15) is 0 Å². The minimum absolute atomic E-state index is 0.0680. The zero-order valence-electron chi connectivity index (χ0n) is 28.1. The number of ketones is 1. The van der Waals surface area contributed by atoms with Crippen LogP contribution in [0.5, 0.6) is 0 Å². The molecule has 48 heavy (non-hydrogen) atoms. The number of benzene rings is 1.